The van der Waals surface area contributed by atoms with Gasteiger partial charge in [0.2, 0.25) is 0 Å². The number of guanidine groups is 1. The highest BCUT2D eigenvalue weighted by Crippen LogP contribution is 2.18. The van der Waals surface area contributed by atoms with Gasteiger partial charge in [-0.3, -0.25) is 9.79 Å². The van der Waals surface area contributed by atoms with Crippen LogP contribution in [0.4, 0.5) is 0 Å². The molecule has 5 nitrogen and oxygen atoms in total. The maximum Gasteiger partial charge on any atom is 0.251 e. The van der Waals surface area contributed by atoms with Crippen LogP contribution in [0.1, 0.15) is 34.0 Å². The van der Waals surface area contributed by atoms with E-state index >= 15 is 0 Å². The van der Waals surface area contributed by atoms with Gasteiger partial charge in [0, 0.05) is 38.8 Å². The first kappa shape index (κ1) is 22.2. The van der Waals surface area contributed by atoms with Gasteiger partial charge in [-0.05, 0) is 48.6 Å². The number of benzene rings is 2. The Morgan fingerprint density at radius 3 is 2.68 bits per heavy atom. The van der Waals surface area contributed by atoms with Crippen molar-refractivity contribution in [2.45, 2.75) is 26.3 Å². The number of carbonyl (C=O) groups excluding carboxylic acids is 1. The van der Waals surface area contributed by atoms with Gasteiger partial charge in [-0.25, -0.2) is 0 Å². The highest BCUT2D eigenvalue weighted by molar-refractivity contribution is 14.0. The molecule has 0 unspecified atom stereocenters. The van der Waals surface area contributed by atoms with Gasteiger partial charge < -0.3 is 15.5 Å². The molecule has 1 heterocycles. The molecule has 2 N–H and O–H groups in total. The predicted octanol–water partition coefficient (Wildman–Crippen LogP) is 3.23. The van der Waals surface area contributed by atoms with Crippen LogP contribution in [0.2, 0.25) is 0 Å². The third-order valence-electron chi connectivity index (χ3n) is 4.84. The first-order valence-electron chi connectivity index (χ1n) is 9.62. The number of hydrogen-bond acceptors (Lipinski definition) is 2. The van der Waals surface area contributed by atoms with Crippen molar-refractivity contribution in [3.63, 3.8) is 0 Å². The van der Waals surface area contributed by atoms with Gasteiger partial charge in [0.25, 0.3) is 5.91 Å². The van der Waals surface area contributed by atoms with E-state index in [9.17, 15) is 4.79 Å². The summed E-state index contributed by atoms with van der Waals surface area (Å²) < 4.78 is 0. The number of halogens is 1. The summed E-state index contributed by atoms with van der Waals surface area (Å²) in [6.45, 7) is 5.52. The fourth-order valence-corrected chi connectivity index (χ4v) is 3.41. The Labute approximate surface area is 184 Å². The van der Waals surface area contributed by atoms with Crippen molar-refractivity contribution < 1.29 is 4.79 Å². The Morgan fingerprint density at radius 2 is 1.93 bits per heavy atom. The van der Waals surface area contributed by atoms with Crippen LogP contribution in [0.5, 0.6) is 0 Å². The molecule has 0 aliphatic carbocycles. The van der Waals surface area contributed by atoms with Crippen molar-refractivity contribution in [2.24, 2.45) is 4.99 Å². The Kier molecular flexibility index (Phi) is 8.76. The lowest BCUT2D eigenvalue weighted by Gasteiger charge is -2.31. The van der Waals surface area contributed by atoms with Crippen molar-refractivity contribution in [3.05, 3.63) is 70.8 Å². The second kappa shape index (κ2) is 11.0. The lowest BCUT2D eigenvalue weighted by molar-refractivity contribution is 0.0963. The Balaban J connectivity index is 0.00000280. The number of nitrogens with one attached hydrogen (secondary N) is 2. The highest BCUT2D eigenvalue weighted by atomic mass is 127. The SMILES string of the molecule is CCNC(=NCCc1cccc(C(=O)NC)c1)N1CCc2ccccc2C1.I. The summed E-state index contributed by atoms with van der Waals surface area (Å²) in [5, 5.41) is 6.09. The first-order chi connectivity index (χ1) is 13.2. The number of nitrogens with zero attached hydrogens (tertiary/aromatic N) is 2. The summed E-state index contributed by atoms with van der Waals surface area (Å²) in [6.07, 6.45) is 1.86. The number of aliphatic imine (C=N–C) groups is 1. The second-order valence-corrected chi connectivity index (χ2v) is 6.71. The lowest BCUT2D eigenvalue weighted by atomic mass is 10.0. The highest BCUT2D eigenvalue weighted by Gasteiger charge is 2.18. The zero-order valence-corrected chi connectivity index (χ0v) is 18.9. The zero-order chi connectivity index (χ0) is 19.1. The molecule has 0 bridgehead atoms. The molecule has 2 aromatic rings. The maximum absolute atomic E-state index is 11.8. The van der Waals surface area contributed by atoms with E-state index in [1.807, 2.05) is 24.3 Å². The van der Waals surface area contributed by atoms with E-state index in [-0.39, 0.29) is 29.9 Å². The standard InChI is InChI=1S/C22H28N4O.HI/c1-3-24-22(26-14-12-18-8-4-5-9-20(18)16-26)25-13-11-17-7-6-10-19(15-17)21(27)23-2;/h4-10,15H,3,11-14,16H2,1-2H3,(H,23,27)(H,24,25);1H. The van der Waals surface area contributed by atoms with Crippen molar-refractivity contribution in [1.82, 2.24) is 15.5 Å². The largest absolute Gasteiger partial charge is 0.357 e. The molecule has 0 atom stereocenters. The van der Waals surface area contributed by atoms with Gasteiger partial charge in [0.05, 0.1) is 0 Å². The van der Waals surface area contributed by atoms with Crippen LogP contribution < -0.4 is 10.6 Å². The molecule has 1 aliphatic rings. The average molecular weight is 492 g/mol. The minimum absolute atomic E-state index is 0. The Bertz CT molecular complexity index is 822. The van der Waals surface area contributed by atoms with E-state index in [1.54, 1.807) is 7.05 Å². The number of amides is 1. The number of fused-ring (bicyclic) bond motifs is 1. The molecular weight excluding hydrogens is 463 g/mol. The topological polar surface area (TPSA) is 56.7 Å². The molecule has 150 valence electrons. The summed E-state index contributed by atoms with van der Waals surface area (Å²) in [4.78, 5) is 18.9. The summed E-state index contributed by atoms with van der Waals surface area (Å²) in [6, 6.07) is 16.4. The van der Waals surface area contributed by atoms with Crippen molar-refractivity contribution in [3.8, 4) is 0 Å². The Morgan fingerprint density at radius 1 is 1.14 bits per heavy atom. The lowest BCUT2D eigenvalue weighted by Crippen LogP contribution is -2.44. The normalized spacial score (nSPS) is 13.4. The third kappa shape index (κ3) is 5.70. The molecule has 0 spiro atoms. The smallest absolute Gasteiger partial charge is 0.251 e. The molecule has 2 aromatic carbocycles. The van der Waals surface area contributed by atoms with Crippen LogP contribution >= 0.6 is 24.0 Å². The predicted molar refractivity (Wildman–Crippen MR) is 125 cm³/mol. The van der Waals surface area contributed by atoms with Gasteiger partial charge in [-0.2, -0.15) is 0 Å². The summed E-state index contributed by atoms with van der Waals surface area (Å²) in [5.41, 5.74) is 4.64. The van der Waals surface area contributed by atoms with Gasteiger partial charge in [0.15, 0.2) is 5.96 Å². The second-order valence-electron chi connectivity index (χ2n) is 6.71. The van der Waals surface area contributed by atoms with Crippen molar-refractivity contribution in [2.75, 3.05) is 26.7 Å². The first-order valence-corrected chi connectivity index (χ1v) is 9.62. The zero-order valence-electron chi connectivity index (χ0n) is 16.6. The maximum atomic E-state index is 11.8. The third-order valence-corrected chi connectivity index (χ3v) is 4.84. The van der Waals surface area contributed by atoms with Gasteiger partial charge >= 0.3 is 0 Å². The van der Waals surface area contributed by atoms with Crippen LogP contribution in [-0.2, 0) is 19.4 Å². The number of carbonyl (C=O) groups is 1. The molecule has 1 aliphatic heterocycles. The van der Waals surface area contributed by atoms with Crippen LogP contribution in [0.15, 0.2) is 53.5 Å². The monoisotopic (exact) mass is 492 g/mol. The van der Waals surface area contributed by atoms with Crippen LogP contribution in [0.3, 0.4) is 0 Å². The van der Waals surface area contributed by atoms with Gasteiger partial charge in [-0.1, -0.05) is 36.4 Å². The van der Waals surface area contributed by atoms with Crippen LogP contribution in [0.25, 0.3) is 0 Å². The van der Waals surface area contributed by atoms with E-state index in [0.29, 0.717) is 12.1 Å². The van der Waals surface area contributed by atoms with Crippen LogP contribution in [-0.4, -0.2) is 43.4 Å². The molecule has 0 radical (unpaired) electrons. The van der Waals surface area contributed by atoms with Gasteiger partial charge in [0.1, 0.15) is 0 Å². The summed E-state index contributed by atoms with van der Waals surface area (Å²) in [5.74, 6) is 0.912. The van der Waals surface area contributed by atoms with E-state index in [4.69, 9.17) is 4.99 Å². The minimum Gasteiger partial charge on any atom is -0.357 e. The molecular formula is C22H29IN4O. The Hall–Kier alpha value is -2.09. The molecule has 6 heteroatoms. The molecule has 0 aromatic heterocycles. The average Bonchev–Trinajstić information content (AvgIpc) is 2.72. The number of rotatable bonds is 5. The quantitative estimate of drug-likeness (QED) is 0.383. The van der Waals surface area contributed by atoms with Gasteiger partial charge in [-0.15, -0.1) is 24.0 Å². The molecule has 0 fully saturated rings. The molecule has 0 saturated heterocycles. The molecule has 0 saturated carbocycles. The van der Waals surface area contributed by atoms with Crippen molar-refractivity contribution in [1.29, 1.82) is 0 Å². The summed E-state index contributed by atoms with van der Waals surface area (Å²) >= 11 is 0. The van der Waals surface area contributed by atoms with Crippen molar-refractivity contribution >= 4 is 35.8 Å². The summed E-state index contributed by atoms with van der Waals surface area (Å²) in [7, 11) is 1.65. The number of hydrogen-bond donors (Lipinski definition) is 2. The van der Waals surface area contributed by atoms with E-state index in [1.165, 1.54) is 11.1 Å². The van der Waals surface area contributed by atoms with Crippen LogP contribution in [0, 0.1) is 0 Å². The minimum atomic E-state index is -0.0549. The molecule has 1 amide bonds. The molecule has 3 rings (SSSR count). The fourth-order valence-electron chi connectivity index (χ4n) is 3.41. The molecule has 28 heavy (non-hydrogen) atoms. The van der Waals surface area contributed by atoms with E-state index in [0.717, 1.165) is 44.0 Å². The van der Waals surface area contributed by atoms with E-state index in [2.05, 4.69) is 46.7 Å². The fraction of sp³-hybridized carbons (Fsp3) is 0.364. The van der Waals surface area contributed by atoms with E-state index < -0.39 is 0 Å².